The number of piperazine rings is 1. The molecule has 0 saturated carbocycles. The molecule has 132 valence electrons. The Bertz CT molecular complexity index is 649. The average Bonchev–Trinajstić information content (AvgIpc) is 3.14. The number of amides is 1. The topological polar surface area (TPSA) is 69.7 Å². The van der Waals surface area contributed by atoms with E-state index in [0.717, 1.165) is 19.4 Å². The molecule has 0 spiro atoms. The van der Waals surface area contributed by atoms with Gasteiger partial charge in [-0.2, -0.15) is 4.31 Å². The van der Waals surface area contributed by atoms with Crippen molar-refractivity contribution in [2.45, 2.75) is 36.6 Å². The van der Waals surface area contributed by atoms with E-state index in [1.165, 1.54) is 10.7 Å². The quantitative estimate of drug-likeness (QED) is 0.861. The highest BCUT2D eigenvalue weighted by atomic mass is 32.2. The lowest BCUT2D eigenvalue weighted by atomic mass is 10.1. The summed E-state index contributed by atoms with van der Waals surface area (Å²) in [5.41, 5.74) is 0. The molecule has 0 aliphatic carbocycles. The monoisotopic (exact) mass is 351 g/mol. The lowest BCUT2D eigenvalue weighted by molar-refractivity contribution is -0.132. The van der Waals surface area contributed by atoms with Crippen molar-refractivity contribution in [1.29, 1.82) is 0 Å². The van der Waals surface area contributed by atoms with Crippen molar-refractivity contribution in [1.82, 2.24) is 14.5 Å². The zero-order chi connectivity index (χ0) is 17.0. The molecule has 2 aliphatic heterocycles. The number of hydrogen-bond donors (Lipinski definition) is 1. The fraction of sp³-hybridized carbons (Fsp3) is 0.588. The van der Waals surface area contributed by atoms with Crippen LogP contribution in [0.15, 0.2) is 35.2 Å². The van der Waals surface area contributed by atoms with Crippen molar-refractivity contribution < 1.29 is 13.2 Å². The van der Waals surface area contributed by atoms with Gasteiger partial charge in [0, 0.05) is 38.6 Å². The smallest absolute Gasteiger partial charge is 0.243 e. The maximum Gasteiger partial charge on any atom is 0.243 e. The van der Waals surface area contributed by atoms with Gasteiger partial charge in [-0.1, -0.05) is 18.2 Å². The first-order chi connectivity index (χ1) is 11.6. The minimum absolute atomic E-state index is 0.139. The van der Waals surface area contributed by atoms with Gasteiger partial charge in [0.1, 0.15) is 0 Å². The fourth-order valence-electron chi connectivity index (χ4n) is 3.38. The number of carbonyl (C=O) groups is 1. The highest BCUT2D eigenvalue weighted by molar-refractivity contribution is 7.89. The first-order valence-electron chi connectivity index (χ1n) is 8.64. The highest BCUT2D eigenvalue weighted by Gasteiger charge is 2.30. The molecule has 3 rings (SSSR count). The van der Waals surface area contributed by atoms with Gasteiger partial charge in [0.2, 0.25) is 15.9 Å². The molecule has 1 unspecified atom stereocenters. The molecule has 2 saturated heterocycles. The lowest BCUT2D eigenvalue weighted by Crippen LogP contribution is -2.50. The molecule has 1 atom stereocenters. The van der Waals surface area contributed by atoms with Gasteiger partial charge in [-0.3, -0.25) is 4.79 Å². The molecule has 1 aromatic rings. The summed E-state index contributed by atoms with van der Waals surface area (Å²) < 4.78 is 26.6. The summed E-state index contributed by atoms with van der Waals surface area (Å²) in [7, 11) is -3.45. The Kier molecular flexibility index (Phi) is 5.53. The van der Waals surface area contributed by atoms with E-state index in [1.54, 1.807) is 35.2 Å². The number of benzene rings is 1. The third kappa shape index (κ3) is 3.96. The summed E-state index contributed by atoms with van der Waals surface area (Å²) >= 11 is 0. The normalized spacial score (nSPS) is 22.7. The third-order valence-corrected chi connectivity index (χ3v) is 6.75. The van der Waals surface area contributed by atoms with Crippen LogP contribution >= 0.6 is 0 Å². The molecule has 6 nitrogen and oxygen atoms in total. The molecule has 0 aromatic heterocycles. The van der Waals surface area contributed by atoms with Gasteiger partial charge in [0.05, 0.1) is 4.90 Å². The Morgan fingerprint density at radius 1 is 1.12 bits per heavy atom. The van der Waals surface area contributed by atoms with Gasteiger partial charge >= 0.3 is 0 Å². The Balaban J connectivity index is 1.51. The summed E-state index contributed by atoms with van der Waals surface area (Å²) in [4.78, 5) is 14.4. The molecule has 2 heterocycles. The minimum Gasteiger partial charge on any atom is -0.340 e. The van der Waals surface area contributed by atoms with E-state index >= 15 is 0 Å². The largest absolute Gasteiger partial charge is 0.340 e. The molecular formula is C17H25N3O3S. The standard InChI is InChI=1S/C17H25N3O3S/c21-17(9-8-15-5-4-10-18-15)19-11-13-20(14-12-19)24(22,23)16-6-2-1-3-7-16/h1-3,6-7,15,18H,4-5,8-14H2. The predicted octanol–water partition coefficient (Wildman–Crippen LogP) is 1.05. The van der Waals surface area contributed by atoms with Crippen LogP contribution in [-0.2, 0) is 14.8 Å². The number of rotatable bonds is 5. The van der Waals surface area contributed by atoms with Crippen molar-refractivity contribution in [3.8, 4) is 0 Å². The second-order valence-electron chi connectivity index (χ2n) is 6.43. The van der Waals surface area contributed by atoms with E-state index in [0.29, 0.717) is 43.5 Å². The fourth-order valence-corrected chi connectivity index (χ4v) is 4.82. The zero-order valence-electron chi connectivity index (χ0n) is 13.9. The van der Waals surface area contributed by atoms with Gasteiger partial charge in [-0.15, -0.1) is 0 Å². The Morgan fingerprint density at radius 2 is 1.83 bits per heavy atom. The molecule has 2 fully saturated rings. The molecular weight excluding hydrogens is 326 g/mol. The molecule has 7 heteroatoms. The Morgan fingerprint density at radius 3 is 2.46 bits per heavy atom. The van der Waals surface area contributed by atoms with Crippen LogP contribution in [0.25, 0.3) is 0 Å². The second-order valence-corrected chi connectivity index (χ2v) is 8.37. The van der Waals surface area contributed by atoms with Crippen LogP contribution in [0.5, 0.6) is 0 Å². The van der Waals surface area contributed by atoms with Gasteiger partial charge in [0.15, 0.2) is 0 Å². The zero-order valence-corrected chi connectivity index (χ0v) is 14.7. The van der Waals surface area contributed by atoms with Crippen LogP contribution in [0, 0.1) is 0 Å². The van der Waals surface area contributed by atoms with Crippen LogP contribution in [-0.4, -0.2) is 62.3 Å². The average molecular weight is 351 g/mol. The van der Waals surface area contributed by atoms with Crippen LogP contribution in [0.4, 0.5) is 0 Å². The number of sulfonamides is 1. The van der Waals surface area contributed by atoms with Gasteiger partial charge in [0.25, 0.3) is 0 Å². The molecule has 0 radical (unpaired) electrons. The summed E-state index contributed by atoms with van der Waals surface area (Å²) in [6, 6.07) is 8.94. The Hall–Kier alpha value is -1.44. The molecule has 1 N–H and O–H groups in total. The summed E-state index contributed by atoms with van der Waals surface area (Å²) in [6.07, 6.45) is 3.76. The van der Waals surface area contributed by atoms with Crippen molar-refractivity contribution in [3.05, 3.63) is 30.3 Å². The van der Waals surface area contributed by atoms with Crippen molar-refractivity contribution in [3.63, 3.8) is 0 Å². The maximum atomic E-state index is 12.6. The van der Waals surface area contributed by atoms with Gasteiger partial charge in [-0.25, -0.2) is 8.42 Å². The molecule has 24 heavy (non-hydrogen) atoms. The minimum atomic E-state index is -3.45. The third-order valence-electron chi connectivity index (χ3n) is 4.84. The van der Waals surface area contributed by atoms with Crippen LogP contribution in [0.3, 0.4) is 0 Å². The summed E-state index contributed by atoms with van der Waals surface area (Å²) in [6.45, 7) is 2.73. The predicted molar refractivity (Wildman–Crippen MR) is 92.0 cm³/mol. The van der Waals surface area contributed by atoms with Crippen molar-refractivity contribution in [2.75, 3.05) is 32.7 Å². The summed E-state index contributed by atoms with van der Waals surface area (Å²) in [5.74, 6) is 0.139. The maximum absolute atomic E-state index is 12.6. The highest BCUT2D eigenvalue weighted by Crippen LogP contribution is 2.18. The molecule has 2 aliphatic rings. The van der Waals surface area contributed by atoms with Crippen molar-refractivity contribution in [2.24, 2.45) is 0 Å². The van der Waals surface area contributed by atoms with E-state index in [1.807, 2.05) is 0 Å². The molecule has 0 bridgehead atoms. The lowest BCUT2D eigenvalue weighted by Gasteiger charge is -2.34. The second kappa shape index (κ2) is 7.63. The molecule has 1 aromatic carbocycles. The summed E-state index contributed by atoms with van der Waals surface area (Å²) in [5, 5.41) is 3.40. The van der Waals surface area contributed by atoms with E-state index in [9.17, 15) is 13.2 Å². The van der Waals surface area contributed by atoms with E-state index < -0.39 is 10.0 Å². The van der Waals surface area contributed by atoms with E-state index in [2.05, 4.69) is 5.32 Å². The van der Waals surface area contributed by atoms with Crippen LogP contribution < -0.4 is 5.32 Å². The van der Waals surface area contributed by atoms with Crippen LogP contribution in [0.2, 0.25) is 0 Å². The van der Waals surface area contributed by atoms with Gasteiger partial charge < -0.3 is 10.2 Å². The first-order valence-corrected chi connectivity index (χ1v) is 10.1. The van der Waals surface area contributed by atoms with Crippen molar-refractivity contribution >= 4 is 15.9 Å². The Labute approximate surface area is 143 Å². The number of nitrogens with one attached hydrogen (secondary N) is 1. The number of hydrogen-bond acceptors (Lipinski definition) is 4. The first kappa shape index (κ1) is 17.4. The number of nitrogens with zero attached hydrogens (tertiary/aromatic N) is 2. The number of carbonyl (C=O) groups excluding carboxylic acids is 1. The van der Waals surface area contributed by atoms with E-state index in [-0.39, 0.29) is 5.91 Å². The van der Waals surface area contributed by atoms with Crippen LogP contribution in [0.1, 0.15) is 25.7 Å². The van der Waals surface area contributed by atoms with E-state index in [4.69, 9.17) is 0 Å². The SMILES string of the molecule is O=C(CCC1CCCN1)N1CCN(S(=O)(=O)c2ccccc2)CC1. The van der Waals surface area contributed by atoms with Gasteiger partial charge in [-0.05, 0) is 37.9 Å². The molecule has 1 amide bonds.